The van der Waals surface area contributed by atoms with Crippen LogP contribution in [0.25, 0.3) is 0 Å². The summed E-state index contributed by atoms with van der Waals surface area (Å²) in [7, 11) is 2.88. The van der Waals surface area contributed by atoms with Gasteiger partial charge in [0.2, 0.25) is 0 Å². The van der Waals surface area contributed by atoms with Gasteiger partial charge in [0.15, 0.2) is 0 Å². The number of carbonyl (C=O) groups is 2. The van der Waals surface area contributed by atoms with Crippen molar-refractivity contribution in [1.82, 2.24) is 4.90 Å². The van der Waals surface area contributed by atoms with Gasteiger partial charge in [-0.3, -0.25) is 4.90 Å². The second-order valence-electron chi connectivity index (χ2n) is 6.35. The van der Waals surface area contributed by atoms with Gasteiger partial charge in [-0.25, -0.2) is 9.59 Å². The Hall–Kier alpha value is -0.480. The van der Waals surface area contributed by atoms with Gasteiger partial charge in [0.25, 0.3) is 0 Å². The van der Waals surface area contributed by atoms with Crippen molar-refractivity contribution in [3.8, 4) is 0 Å². The Balaban J connectivity index is 2.64. The second kappa shape index (κ2) is 9.28. The summed E-state index contributed by atoms with van der Waals surface area (Å²) in [6, 6.07) is 0. The average molecular weight is 382 g/mol. The highest BCUT2D eigenvalue weighted by molar-refractivity contribution is 8.00. The molecule has 1 saturated heterocycles. The van der Waals surface area contributed by atoms with E-state index in [0.717, 1.165) is 0 Å². The van der Waals surface area contributed by atoms with Crippen LogP contribution in [0, 0.1) is 0 Å². The summed E-state index contributed by atoms with van der Waals surface area (Å²) >= 11 is 9.26. The third-order valence-corrected chi connectivity index (χ3v) is 4.64. The number of hydrogen-bond acceptors (Lipinski definition) is 9. The molecular weight excluding hydrogens is 354 g/mol. The number of ether oxygens (including phenoxy) is 4. The average Bonchev–Trinajstić information content (AvgIpc) is 2.41. The topological polar surface area (TPSA) is 74.3 Å². The molecule has 0 N–H and O–H groups in total. The summed E-state index contributed by atoms with van der Waals surface area (Å²) in [5, 5.41) is 0. The third kappa shape index (κ3) is 6.44. The zero-order valence-electron chi connectivity index (χ0n) is 14.6. The second-order valence-corrected chi connectivity index (χ2v) is 8.18. The van der Waals surface area contributed by atoms with E-state index in [4.69, 9.17) is 18.9 Å². The van der Waals surface area contributed by atoms with Crippen LogP contribution in [0.4, 0.5) is 0 Å². The molecule has 24 heavy (non-hydrogen) atoms. The number of piperidine rings is 1. The molecule has 1 atom stereocenters. The van der Waals surface area contributed by atoms with Gasteiger partial charge in [0.05, 0.1) is 0 Å². The van der Waals surface area contributed by atoms with Crippen molar-refractivity contribution in [2.24, 2.45) is 0 Å². The van der Waals surface area contributed by atoms with Crippen LogP contribution in [-0.4, -0.2) is 73.3 Å². The Morgan fingerprint density at radius 1 is 1.08 bits per heavy atom. The van der Waals surface area contributed by atoms with E-state index in [-0.39, 0.29) is 31.5 Å². The number of nitrogens with zero attached hydrogens (tertiary/aromatic N) is 1. The van der Waals surface area contributed by atoms with E-state index in [1.165, 1.54) is 14.2 Å². The molecule has 0 bridgehead atoms. The first-order chi connectivity index (χ1) is 11.1. The molecule has 140 valence electrons. The molecule has 0 aromatic rings. The van der Waals surface area contributed by atoms with Gasteiger partial charge in [-0.15, -0.1) is 25.3 Å². The summed E-state index contributed by atoms with van der Waals surface area (Å²) in [5.74, 6) is -0.819. The SMILES string of the molecule is COCC(=O)OCCN1C(C)(C)CC(OC(=O)COC)CC1(S)S. The van der Waals surface area contributed by atoms with Gasteiger partial charge in [0, 0.05) is 39.1 Å². The molecule has 7 nitrogen and oxygen atoms in total. The van der Waals surface area contributed by atoms with Gasteiger partial charge in [-0.2, -0.15) is 0 Å². The van der Waals surface area contributed by atoms with E-state index in [1.807, 2.05) is 18.7 Å². The first-order valence-corrected chi connectivity index (χ1v) is 8.57. The number of methoxy groups -OCH3 is 2. The van der Waals surface area contributed by atoms with E-state index in [1.54, 1.807) is 0 Å². The zero-order chi connectivity index (χ0) is 18.4. The van der Waals surface area contributed by atoms with E-state index >= 15 is 0 Å². The summed E-state index contributed by atoms with van der Waals surface area (Å²) in [5.41, 5.74) is -0.340. The van der Waals surface area contributed by atoms with E-state index in [9.17, 15) is 9.59 Å². The molecule has 1 rings (SSSR count). The fourth-order valence-corrected chi connectivity index (χ4v) is 4.10. The normalized spacial score (nSPS) is 22.8. The van der Waals surface area contributed by atoms with Gasteiger partial charge >= 0.3 is 11.9 Å². The Morgan fingerprint density at radius 2 is 1.67 bits per heavy atom. The van der Waals surface area contributed by atoms with Crippen molar-refractivity contribution >= 4 is 37.2 Å². The predicted molar refractivity (Wildman–Crippen MR) is 95.3 cm³/mol. The van der Waals surface area contributed by atoms with Gasteiger partial charge in [-0.05, 0) is 13.8 Å². The highest BCUT2D eigenvalue weighted by atomic mass is 32.2. The first-order valence-electron chi connectivity index (χ1n) is 7.68. The molecule has 1 fully saturated rings. The lowest BCUT2D eigenvalue weighted by atomic mass is 9.88. The standard InChI is InChI=1S/C15H27NO6S2/c1-14(2)7-11(22-13(18)10-20-4)8-15(23,24)16(14)5-6-21-12(17)9-19-3/h11,23-24H,5-10H2,1-4H3. The minimum absolute atomic E-state index is 0.0756. The summed E-state index contributed by atoms with van der Waals surface area (Å²) in [6.45, 7) is 4.55. The molecule has 1 heterocycles. The molecule has 0 aromatic carbocycles. The van der Waals surface area contributed by atoms with Gasteiger partial charge in [-0.1, -0.05) is 0 Å². The van der Waals surface area contributed by atoms with Crippen LogP contribution >= 0.6 is 25.3 Å². The maximum Gasteiger partial charge on any atom is 0.332 e. The number of hydrogen-bond donors (Lipinski definition) is 2. The largest absolute Gasteiger partial charge is 0.463 e. The minimum atomic E-state index is -0.798. The van der Waals surface area contributed by atoms with Crippen LogP contribution in [-0.2, 0) is 28.5 Å². The van der Waals surface area contributed by atoms with Gasteiger partial charge < -0.3 is 18.9 Å². The molecule has 1 aliphatic rings. The zero-order valence-corrected chi connectivity index (χ0v) is 16.4. The Morgan fingerprint density at radius 3 is 2.21 bits per heavy atom. The molecule has 0 radical (unpaired) electrons. The van der Waals surface area contributed by atoms with E-state index in [2.05, 4.69) is 25.3 Å². The molecule has 0 amide bonds. The molecule has 0 aliphatic carbocycles. The number of likely N-dealkylation sites (tertiary alicyclic amines) is 1. The molecule has 0 aromatic heterocycles. The molecule has 0 saturated carbocycles. The Bertz CT molecular complexity index is 426. The van der Waals surface area contributed by atoms with Crippen molar-refractivity contribution in [2.45, 2.75) is 42.5 Å². The fourth-order valence-electron chi connectivity index (χ4n) is 2.95. The molecule has 1 unspecified atom stereocenters. The lowest BCUT2D eigenvalue weighted by molar-refractivity contribution is -0.161. The molecular formula is C15H27NO6S2. The molecule has 1 aliphatic heterocycles. The summed E-state index contributed by atoms with van der Waals surface area (Å²) in [4.78, 5) is 25.0. The minimum Gasteiger partial charge on any atom is -0.463 e. The highest BCUT2D eigenvalue weighted by Crippen LogP contribution is 2.44. The van der Waals surface area contributed by atoms with Crippen LogP contribution in [0.2, 0.25) is 0 Å². The maximum absolute atomic E-state index is 11.6. The van der Waals surface area contributed by atoms with Crippen molar-refractivity contribution in [1.29, 1.82) is 0 Å². The lowest BCUT2D eigenvalue weighted by Gasteiger charge is -2.53. The monoisotopic (exact) mass is 381 g/mol. The lowest BCUT2D eigenvalue weighted by Crippen LogP contribution is -2.61. The number of thiol groups is 2. The molecule has 9 heteroatoms. The first kappa shape index (κ1) is 21.6. The van der Waals surface area contributed by atoms with Crippen molar-refractivity contribution < 1.29 is 28.5 Å². The number of rotatable bonds is 8. The van der Waals surface area contributed by atoms with Crippen molar-refractivity contribution in [3.63, 3.8) is 0 Å². The fraction of sp³-hybridized carbons (Fsp3) is 0.867. The smallest absolute Gasteiger partial charge is 0.332 e. The van der Waals surface area contributed by atoms with Crippen LogP contribution in [0.1, 0.15) is 26.7 Å². The van der Waals surface area contributed by atoms with Crippen LogP contribution < -0.4 is 0 Å². The van der Waals surface area contributed by atoms with Crippen LogP contribution in [0.5, 0.6) is 0 Å². The Kier molecular flexibility index (Phi) is 8.34. The summed E-state index contributed by atoms with van der Waals surface area (Å²) < 4.78 is 19.3. The third-order valence-electron chi connectivity index (χ3n) is 3.79. The maximum atomic E-state index is 11.6. The van der Waals surface area contributed by atoms with Crippen molar-refractivity contribution in [2.75, 3.05) is 40.6 Å². The predicted octanol–water partition coefficient (Wildman–Crippen LogP) is 1.12. The number of carbonyl (C=O) groups excluding carboxylic acids is 2. The Labute approximate surface area is 154 Å². The quantitative estimate of drug-likeness (QED) is 0.371. The highest BCUT2D eigenvalue weighted by Gasteiger charge is 2.47. The van der Waals surface area contributed by atoms with E-state index in [0.29, 0.717) is 19.4 Å². The van der Waals surface area contributed by atoms with Gasteiger partial charge in [0.1, 0.15) is 30.1 Å². The van der Waals surface area contributed by atoms with Crippen molar-refractivity contribution in [3.05, 3.63) is 0 Å². The molecule has 0 spiro atoms. The van der Waals surface area contributed by atoms with Crippen LogP contribution in [0.15, 0.2) is 0 Å². The number of esters is 2. The van der Waals surface area contributed by atoms with E-state index < -0.39 is 16.1 Å². The summed E-state index contributed by atoms with van der Waals surface area (Å²) in [6.07, 6.45) is 0.770. The van der Waals surface area contributed by atoms with Crippen LogP contribution in [0.3, 0.4) is 0 Å².